The Labute approximate surface area is 101 Å². The first kappa shape index (κ1) is 12.6. The average Bonchev–Trinajstić information content (AvgIpc) is 2.59. The Bertz CT molecular complexity index is 321. The molecule has 1 radical (unpaired) electrons. The van der Waals surface area contributed by atoms with Crippen LogP contribution in [0.25, 0.3) is 0 Å². The van der Waals surface area contributed by atoms with Crippen LogP contribution in [0.3, 0.4) is 0 Å². The summed E-state index contributed by atoms with van der Waals surface area (Å²) in [5.41, 5.74) is 5.48. The second-order valence-corrected chi connectivity index (χ2v) is 4.25. The lowest BCUT2D eigenvalue weighted by Gasteiger charge is -2.29. The zero-order valence-electron chi connectivity index (χ0n) is 9.53. The number of aliphatic hydroxyl groups is 2. The van der Waals surface area contributed by atoms with E-state index in [-0.39, 0.29) is 31.0 Å². The second-order valence-electron chi connectivity index (χ2n) is 4.25. The van der Waals surface area contributed by atoms with Crippen molar-refractivity contribution < 1.29 is 19.6 Å². The lowest BCUT2D eigenvalue weighted by molar-refractivity contribution is 0.0588. The van der Waals surface area contributed by atoms with Crippen LogP contribution < -0.4 is 5.73 Å². The molecule has 2 rings (SSSR count). The first-order chi connectivity index (χ1) is 8.26. The molecule has 4 N–H and O–H groups in total. The molecule has 1 saturated heterocycles. The van der Waals surface area contributed by atoms with Crippen LogP contribution in [0.5, 0.6) is 0 Å². The summed E-state index contributed by atoms with van der Waals surface area (Å²) in [6, 6.07) is 0. The highest BCUT2D eigenvalue weighted by Crippen LogP contribution is 2.36. The Morgan fingerprint density at radius 1 is 1.59 bits per heavy atom. The predicted molar refractivity (Wildman–Crippen MR) is 63.2 cm³/mol. The van der Waals surface area contributed by atoms with E-state index in [0.717, 1.165) is 5.76 Å². The minimum absolute atomic E-state index is 0.0892. The molecule has 0 aromatic rings. The largest absolute Gasteiger partial charge is 0.496 e. The van der Waals surface area contributed by atoms with Crippen molar-refractivity contribution in [2.24, 2.45) is 11.7 Å². The van der Waals surface area contributed by atoms with E-state index >= 15 is 0 Å². The smallest absolute Gasteiger partial charge is 0.305 e. The van der Waals surface area contributed by atoms with Gasteiger partial charge in [0, 0.05) is 18.3 Å². The van der Waals surface area contributed by atoms with E-state index in [2.05, 4.69) is 0 Å². The molecule has 0 amide bonds. The molecule has 0 saturated carbocycles. The Balaban J connectivity index is 2.10. The molecule has 5 nitrogen and oxygen atoms in total. The van der Waals surface area contributed by atoms with Crippen LogP contribution in [0, 0.1) is 5.92 Å². The Morgan fingerprint density at radius 2 is 2.41 bits per heavy atom. The third-order valence-corrected chi connectivity index (χ3v) is 3.08. The van der Waals surface area contributed by atoms with Gasteiger partial charge in [-0.2, -0.15) is 0 Å². The zero-order chi connectivity index (χ0) is 12.3. The topological polar surface area (TPSA) is 84.9 Å². The van der Waals surface area contributed by atoms with Crippen LogP contribution in [0.1, 0.15) is 0 Å². The van der Waals surface area contributed by atoms with Crippen LogP contribution in [0.2, 0.25) is 5.82 Å². The number of aliphatic hydroxyl groups excluding tert-OH is 2. The van der Waals surface area contributed by atoms with Gasteiger partial charge in [-0.3, -0.25) is 0 Å². The molecule has 0 spiro atoms. The van der Waals surface area contributed by atoms with E-state index in [1.165, 1.54) is 0 Å². The van der Waals surface area contributed by atoms with Crippen molar-refractivity contribution in [1.82, 2.24) is 0 Å². The molecule has 17 heavy (non-hydrogen) atoms. The molecule has 6 heteroatoms. The number of hydrogen-bond donors (Lipinski definition) is 3. The lowest BCUT2D eigenvalue weighted by atomic mass is 9.66. The predicted octanol–water partition coefficient (Wildman–Crippen LogP) is -0.809. The summed E-state index contributed by atoms with van der Waals surface area (Å²) in [7, 11) is 1.63. The third kappa shape index (κ3) is 2.71. The SMILES string of the molecule is NCC(O)[C@@H]1C=CC=C2OCC(CO)O[B]C21. The number of nitrogens with two attached hydrogens (primary N) is 1. The van der Waals surface area contributed by atoms with Crippen molar-refractivity contribution in [3.8, 4) is 0 Å². The fourth-order valence-electron chi connectivity index (χ4n) is 2.05. The van der Waals surface area contributed by atoms with E-state index < -0.39 is 6.10 Å². The highest BCUT2D eigenvalue weighted by atomic mass is 16.5. The highest BCUT2D eigenvalue weighted by molar-refractivity contribution is 6.31. The van der Waals surface area contributed by atoms with Gasteiger partial charge in [-0.15, -0.1) is 0 Å². The normalized spacial score (nSPS) is 33.8. The highest BCUT2D eigenvalue weighted by Gasteiger charge is 2.35. The second kappa shape index (κ2) is 5.68. The maximum atomic E-state index is 9.85. The molecule has 1 aliphatic heterocycles. The third-order valence-electron chi connectivity index (χ3n) is 3.08. The van der Waals surface area contributed by atoms with Crippen LogP contribution in [0.15, 0.2) is 24.0 Å². The number of hydrogen-bond acceptors (Lipinski definition) is 5. The quantitative estimate of drug-likeness (QED) is 0.560. The summed E-state index contributed by atoms with van der Waals surface area (Å²) >= 11 is 0. The zero-order valence-corrected chi connectivity index (χ0v) is 9.53. The van der Waals surface area contributed by atoms with Gasteiger partial charge in [-0.25, -0.2) is 0 Å². The Hall–Kier alpha value is -0.815. The minimum Gasteiger partial charge on any atom is -0.496 e. The number of rotatable bonds is 3. The molecular weight excluding hydrogens is 221 g/mol. The number of allylic oxidation sites excluding steroid dienone is 3. The summed E-state index contributed by atoms with van der Waals surface area (Å²) in [6.45, 7) is 0.415. The van der Waals surface area contributed by atoms with E-state index in [1.54, 1.807) is 7.48 Å². The molecule has 2 aliphatic rings. The molecule has 1 heterocycles. The maximum Gasteiger partial charge on any atom is 0.305 e. The summed E-state index contributed by atoms with van der Waals surface area (Å²) in [5.74, 6) is 0.466. The van der Waals surface area contributed by atoms with E-state index in [9.17, 15) is 5.11 Å². The van der Waals surface area contributed by atoms with E-state index in [1.807, 2.05) is 18.2 Å². The van der Waals surface area contributed by atoms with Crippen LogP contribution >= 0.6 is 0 Å². The van der Waals surface area contributed by atoms with Crippen molar-refractivity contribution in [2.45, 2.75) is 18.0 Å². The molecule has 0 bridgehead atoms. The molecule has 0 aromatic carbocycles. The average molecular weight is 238 g/mol. The van der Waals surface area contributed by atoms with Gasteiger partial charge in [0.15, 0.2) is 0 Å². The monoisotopic (exact) mass is 238 g/mol. The molecule has 93 valence electrons. The van der Waals surface area contributed by atoms with Gasteiger partial charge in [0.2, 0.25) is 0 Å². The van der Waals surface area contributed by atoms with Crippen LogP contribution in [0.4, 0.5) is 0 Å². The van der Waals surface area contributed by atoms with E-state index in [4.69, 9.17) is 20.2 Å². The molecular formula is C11H17BNO4. The number of ether oxygens (including phenoxy) is 1. The van der Waals surface area contributed by atoms with Gasteiger partial charge >= 0.3 is 7.48 Å². The first-order valence-corrected chi connectivity index (χ1v) is 5.75. The van der Waals surface area contributed by atoms with Crippen molar-refractivity contribution in [2.75, 3.05) is 19.8 Å². The van der Waals surface area contributed by atoms with Crippen LogP contribution in [-0.4, -0.2) is 49.7 Å². The molecule has 0 aromatic heterocycles. The fraction of sp³-hybridized carbons (Fsp3) is 0.636. The van der Waals surface area contributed by atoms with Gasteiger partial charge in [0.1, 0.15) is 6.61 Å². The van der Waals surface area contributed by atoms with E-state index in [0.29, 0.717) is 6.61 Å². The van der Waals surface area contributed by atoms with Gasteiger partial charge in [-0.1, -0.05) is 12.2 Å². The van der Waals surface area contributed by atoms with Gasteiger partial charge in [0.25, 0.3) is 0 Å². The summed E-state index contributed by atoms with van der Waals surface area (Å²) < 4.78 is 11.0. The molecule has 3 unspecified atom stereocenters. The van der Waals surface area contributed by atoms with Gasteiger partial charge < -0.3 is 25.3 Å². The maximum absolute atomic E-state index is 9.85. The van der Waals surface area contributed by atoms with Crippen molar-refractivity contribution in [3.63, 3.8) is 0 Å². The number of fused-ring (bicyclic) bond motifs is 1. The molecule has 4 atom stereocenters. The van der Waals surface area contributed by atoms with Crippen LogP contribution in [-0.2, 0) is 9.39 Å². The summed E-state index contributed by atoms with van der Waals surface area (Å²) in [4.78, 5) is 0. The molecule has 1 aliphatic carbocycles. The summed E-state index contributed by atoms with van der Waals surface area (Å²) in [6.07, 6.45) is 4.62. The van der Waals surface area contributed by atoms with Crippen molar-refractivity contribution in [1.29, 1.82) is 0 Å². The Morgan fingerprint density at radius 3 is 3.12 bits per heavy atom. The summed E-state index contributed by atoms with van der Waals surface area (Å²) in [5, 5.41) is 18.9. The lowest BCUT2D eigenvalue weighted by Crippen LogP contribution is -2.34. The van der Waals surface area contributed by atoms with Gasteiger partial charge in [0.05, 0.1) is 24.6 Å². The standard InChI is InChI=1S/C11H17BNO4/c13-4-9(15)8-2-1-3-10-11(8)12-17-7(5-14)6-16-10/h1-3,7-9,11,14-15H,4-6,13H2/t7?,8-,9?,11?/m0/s1. The minimum atomic E-state index is -0.630. The first-order valence-electron chi connectivity index (χ1n) is 5.75. The van der Waals surface area contributed by atoms with Crippen molar-refractivity contribution in [3.05, 3.63) is 24.0 Å². The molecule has 1 fully saturated rings. The van der Waals surface area contributed by atoms with Gasteiger partial charge in [-0.05, 0) is 6.08 Å². The van der Waals surface area contributed by atoms with Crippen molar-refractivity contribution >= 4 is 7.48 Å². The Kier molecular flexibility index (Phi) is 4.23. The fourth-order valence-corrected chi connectivity index (χ4v) is 2.05.